The molecule has 32 heavy (non-hydrogen) atoms. The normalized spacial score (nSPS) is 23.8. The Morgan fingerprint density at radius 2 is 1.91 bits per heavy atom. The van der Waals surface area contributed by atoms with Crippen molar-refractivity contribution >= 4 is 29.3 Å². The molecule has 9 heteroatoms. The summed E-state index contributed by atoms with van der Waals surface area (Å²) in [5, 5.41) is 9.44. The fourth-order valence-corrected chi connectivity index (χ4v) is 4.95. The van der Waals surface area contributed by atoms with Gasteiger partial charge in [-0.05, 0) is 18.4 Å². The molecular weight excluding hydrogens is 416 g/mol. The lowest BCUT2D eigenvalue weighted by molar-refractivity contribution is -0.141. The summed E-state index contributed by atoms with van der Waals surface area (Å²) in [5.74, 6) is -3.33. The van der Waals surface area contributed by atoms with E-state index in [2.05, 4.69) is 0 Å². The number of anilines is 1. The predicted molar refractivity (Wildman–Crippen MR) is 112 cm³/mol. The molecule has 3 aliphatic rings. The van der Waals surface area contributed by atoms with E-state index in [0.717, 1.165) is 4.90 Å². The van der Waals surface area contributed by atoms with E-state index < -0.39 is 35.2 Å². The zero-order valence-corrected chi connectivity index (χ0v) is 18.1. The highest BCUT2D eigenvalue weighted by molar-refractivity contribution is 6.24. The van der Waals surface area contributed by atoms with Gasteiger partial charge in [-0.15, -0.1) is 0 Å². The highest BCUT2D eigenvalue weighted by Gasteiger charge is 2.64. The van der Waals surface area contributed by atoms with Crippen LogP contribution in [-0.2, 0) is 34.1 Å². The summed E-state index contributed by atoms with van der Waals surface area (Å²) in [7, 11) is 0. The average molecular weight is 440 g/mol. The van der Waals surface area contributed by atoms with E-state index in [0.29, 0.717) is 17.7 Å². The molecule has 0 saturated carbocycles. The van der Waals surface area contributed by atoms with Gasteiger partial charge in [0.1, 0.15) is 23.3 Å². The van der Waals surface area contributed by atoms with Crippen molar-refractivity contribution in [2.45, 2.75) is 39.0 Å². The van der Waals surface area contributed by atoms with Gasteiger partial charge in [0.15, 0.2) is 5.78 Å². The average Bonchev–Trinajstić information content (AvgIpc) is 2.90. The van der Waals surface area contributed by atoms with Crippen LogP contribution in [0.5, 0.6) is 0 Å². The maximum atomic E-state index is 14.0. The molecule has 1 amide bonds. The number of Topliss-reactive ketones (excluding diaryl/α,β-unsaturated/α-hetero) is 1. The van der Waals surface area contributed by atoms with Gasteiger partial charge >= 0.3 is 11.9 Å². The van der Waals surface area contributed by atoms with Crippen LogP contribution >= 0.6 is 0 Å². The van der Waals surface area contributed by atoms with E-state index in [1.54, 1.807) is 31.2 Å². The number of allylic oxidation sites excluding steroid dienone is 1. The van der Waals surface area contributed by atoms with Crippen LogP contribution in [0.2, 0.25) is 0 Å². The molecule has 1 unspecified atom stereocenters. The molecule has 0 radical (unpaired) electrons. The number of nitrogens with zero attached hydrogens (tertiary/aromatic N) is 1. The molecule has 168 valence electrons. The van der Waals surface area contributed by atoms with Crippen molar-refractivity contribution in [1.82, 2.24) is 0 Å². The summed E-state index contributed by atoms with van der Waals surface area (Å²) in [4.78, 5) is 53.2. The number of carboxylic acids is 1. The van der Waals surface area contributed by atoms with E-state index in [1.165, 1.54) is 0 Å². The lowest BCUT2D eigenvalue weighted by Crippen LogP contribution is -2.52. The second-order valence-corrected chi connectivity index (χ2v) is 8.85. The van der Waals surface area contributed by atoms with Crippen LogP contribution in [0.1, 0.15) is 39.2 Å². The number of carboxylic acid groups (broad SMARTS) is 1. The maximum absolute atomic E-state index is 14.0. The molecule has 4 rings (SSSR count). The van der Waals surface area contributed by atoms with Gasteiger partial charge in [-0.2, -0.15) is 0 Å². The molecule has 3 N–H and O–H groups in total. The summed E-state index contributed by atoms with van der Waals surface area (Å²) in [6.07, 6.45) is 0.447. The Morgan fingerprint density at radius 3 is 2.56 bits per heavy atom. The van der Waals surface area contributed by atoms with Gasteiger partial charge < -0.3 is 20.3 Å². The molecule has 1 atom stereocenters. The Bertz CT molecular complexity index is 1130. The number of para-hydroxylation sites is 1. The quantitative estimate of drug-likeness (QED) is 0.676. The lowest BCUT2D eigenvalue weighted by Gasteiger charge is -2.42. The van der Waals surface area contributed by atoms with Crippen molar-refractivity contribution < 1.29 is 33.8 Å². The van der Waals surface area contributed by atoms with Crippen molar-refractivity contribution in [2.24, 2.45) is 11.1 Å². The molecule has 1 aromatic rings. The number of ether oxygens (including phenoxy) is 2. The molecule has 0 fully saturated rings. The SMILES string of the molecule is CCOC(=O)C1=C(N)OC2=C(C(=O)CC(C)(C)C2)C12C(=O)N(CC(=O)O)c1ccccc12. The molecule has 9 nitrogen and oxygen atoms in total. The molecule has 0 aromatic heterocycles. The largest absolute Gasteiger partial charge is 0.480 e. The smallest absolute Gasteiger partial charge is 0.341 e. The van der Waals surface area contributed by atoms with E-state index >= 15 is 0 Å². The third-order valence-electron chi connectivity index (χ3n) is 6.00. The second-order valence-electron chi connectivity index (χ2n) is 8.85. The maximum Gasteiger partial charge on any atom is 0.341 e. The topological polar surface area (TPSA) is 136 Å². The third-order valence-corrected chi connectivity index (χ3v) is 6.00. The fourth-order valence-electron chi connectivity index (χ4n) is 4.95. The number of carbonyl (C=O) groups is 4. The van der Waals surface area contributed by atoms with E-state index in [1.807, 2.05) is 13.8 Å². The molecule has 2 aliphatic heterocycles. The second kappa shape index (κ2) is 7.22. The zero-order valence-electron chi connectivity index (χ0n) is 18.1. The van der Waals surface area contributed by atoms with Gasteiger partial charge in [0.2, 0.25) is 11.8 Å². The number of ketones is 1. The van der Waals surface area contributed by atoms with Crippen LogP contribution in [0, 0.1) is 5.41 Å². The number of rotatable bonds is 4. The van der Waals surface area contributed by atoms with Crippen LogP contribution in [0.3, 0.4) is 0 Å². The molecule has 0 saturated heterocycles. The standard InChI is InChI=1S/C23H24N2O7/c1-4-31-20(29)18-19(24)32-15-10-22(2,3)9-14(26)17(15)23(18)12-7-5-6-8-13(12)25(21(23)30)11-16(27)28/h5-8H,4,9-11,24H2,1-3H3,(H,27,28). The van der Waals surface area contributed by atoms with Crippen molar-refractivity contribution in [1.29, 1.82) is 0 Å². The number of esters is 1. The van der Waals surface area contributed by atoms with Crippen LogP contribution in [0.15, 0.2) is 47.1 Å². The van der Waals surface area contributed by atoms with Crippen molar-refractivity contribution in [3.63, 3.8) is 0 Å². The van der Waals surface area contributed by atoms with E-state index in [4.69, 9.17) is 15.2 Å². The van der Waals surface area contributed by atoms with Gasteiger partial charge in [0, 0.05) is 24.1 Å². The molecule has 1 spiro atoms. The number of hydrogen-bond acceptors (Lipinski definition) is 7. The number of nitrogens with two attached hydrogens (primary N) is 1. The van der Waals surface area contributed by atoms with E-state index in [-0.39, 0.29) is 41.6 Å². The number of benzene rings is 1. The first kappa shape index (κ1) is 21.6. The number of amides is 1. The first-order valence-corrected chi connectivity index (χ1v) is 10.3. The third kappa shape index (κ3) is 2.91. The Kier molecular flexibility index (Phi) is 4.87. The number of aliphatic carboxylic acids is 1. The van der Waals surface area contributed by atoms with Gasteiger partial charge in [0.25, 0.3) is 0 Å². The van der Waals surface area contributed by atoms with Gasteiger partial charge in [0.05, 0.1) is 12.2 Å². The van der Waals surface area contributed by atoms with Gasteiger partial charge in [-0.3, -0.25) is 19.3 Å². The Morgan fingerprint density at radius 1 is 1.22 bits per heavy atom. The van der Waals surface area contributed by atoms with Crippen LogP contribution < -0.4 is 10.6 Å². The van der Waals surface area contributed by atoms with Crippen molar-refractivity contribution in [3.05, 3.63) is 52.6 Å². The summed E-state index contributed by atoms with van der Waals surface area (Å²) in [6, 6.07) is 6.49. The minimum absolute atomic E-state index is 0.00720. The van der Waals surface area contributed by atoms with Crippen LogP contribution in [0.25, 0.3) is 0 Å². The van der Waals surface area contributed by atoms with Gasteiger partial charge in [-0.1, -0.05) is 32.0 Å². The summed E-state index contributed by atoms with van der Waals surface area (Å²) in [5.41, 5.74) is 4.16. The van der Waals surface area contributed by atoms with Gasteiger partial charge in [-0.25, -0.2) is 4.79 Å². The minimum atomic E-state index is -1.93. The molecule has 1 aromatic carbocycles. The summed E-state index contributed by atoms with van der Waals surface area (Å²) >= 11 is 0. The first-order chi connectivity index (χ1) is 15.0. The summed E-state index contributed by atoms with van der Waals surface area (Å²) < 4.78 is 11.0. The Balaban J connectivity index is 2.08. The highest BCUT2D eigenvalue weighted by Crippen LogP contribution is 2.57. The highest BCUT2D eigenvalue weighted by atomic mass is 16.5. The van der Waals surface area contributed by atoms with Crippen LogP contribution in [-0.4, -0.2) is 41.9 Å². The number of carbonyl (C=O) groups excluding carboxylic acids is 3. The van der Waals surface area contributed by atoms with Crippen LogP contribution in [0.4, 0.5) is 5.69 Å². The first-order valence-electron chi connectivity index (χ1n) is 10.3. The number of hydrogen-bond donors (Lipinski definition) is 2. The molecule has 2 heterocycles. The number of fused-ring (bicyclic) bond motifs is 3. The van der Waals surface area contributed by atoms with Crippen molar-refractivity contribution in [2.75, 3.05) is 18.1 Å². The Labute approximate surface area is 184 Å². The summed E-state index contributed by atoms with van der Waals surface area (Å²) in [6.45, 7) is 4.76. The minimum Gasteiger partial charge on any atom is -0.480 e. The predicted octanol–water partition coefficient (Wildman–Crippen LogP) is 1.76. The fraction of sp³-hybridized carbons (Fsp3) is 0.391. The molecule has 0 bridgehead atoms. The lowest BCUT2D eigenvalue weighted by atomic mass is 9.62. The molecule has 1 aliphatic carbocycles. The Hall–Kier alpha value is -3.62. The van der Waals surface area contributed by atoms with E-state index in [9.17, 15) is 24.3 Å². The monoisotopic (exact) mass is 440 g/mol. The van der Waals surface area contributed by atoms with Crippen molar-refractivity contribution in [3.8, 4) is 0 Å². The zero-order chi connectivity index (χ0) is 23.4. The molecular formula is C23H24N2O7.